The average Bonchev–Trinajstić information content (AvgIpc) is 2.46. The third-order valence-corrected chi connectivity index (χ3v) is 3.97. The van der Waals surface area contributed by atoms with E-state index in [1.807, 2.05) is 31.2 Å². The molecule has 1 aromatic heterocycles. The zero-order valence-corrected chi connectivity index (χ0v) is 14.1. The molecule has 1 N–H and O–H groups in total. The molecule has 0 saturated carbocycles. The first-order valence-electron chi connectivity index (χ1n) is 6.28. The summed E-state index contributed by atoms with van der Waals surface area (Å²) in [7, 11) is 0. The van der Waals surface area contributed by atoms with Gasteiger partial charge in [-0.1, -0.05) is 35.0 Å². The monoisotopic (exact) mass is 396 g/mol. The number of carbonyl (C=O) groups excluding carboxylic acids is 1. The number of aromatic nitrogens is 1. The molecule has 0 aliphatic heterocycles. The third-order valence-electron chi connectivity index (χ3n) is 2.98. The highest BCUT2D eigenvalue weighted by Crippen LogP contribution is 2.20. The molecule has 1 aromatic carbocycles. The van der Waals surface area contributed by atoms with Crippen LogP contribution in [0.15, 0.2) is 51.7 Å². The van der Waals surface area contributed by atoms with Gasteiger partial charge in [-0.05, 0) is 52.2 Å². The maximum Gasteiger partial charge on any atom is 0.253 e. The molecule has 5 heteroatoms. The van der Waals surface area contributed by atoms with Crippen LogP contribution in [-0.2, 0) is 0 Å². The van der Waals surface area contributed by atoms with Crippen LogP contribution in [0.1, 0.15) is 35.3 Å². The number of carbonyl (C=O) groups is 1. The van der Waals surface area contributed by atoms with Crippen LogP contribution in [0.4, 0.5) is 0 Å². The third kappa shape index (κ3) is 3.90. The van der Waals surface area contributed by atoms with Crippen LogP contribution >= 0.6 is 31.9 Å². The van der Waals surface area contributed by atoms with E-state index in [0.29, 0.717) is 10.2 Å². The first-order chi connectivity index (χ1) is 9.60. The Morgan fingerprint density at radius 3 is 2.45 bits per heavy atom. The first-order valence-corrected chi connectivity index (χ1v) is 7.86. The quantitative estimate of drug-likeness (QED) is 0.772. The van der Waals surface area contributed by atoms with Crippen molar-refractivity contribution in [1.29, 1.82) is 0 Å². The van der Waals surface area contributed by atoms with Crippen molar-refractivity contribution in [3.05, 3.63) is 62.8 Å². The zero-order valence-electron chi connectivity index (χ0n) is 10.9. The van der Waals surface area contributed by atoms with E-state index >= 15 is 0 Å². The molecule has 3 nitrogen and oxygen atoms in total. The van der Waals surface area contributed by atoms with Crippen molar-refractivity contribution in [1.82, 2.24) is 10.3 Å². The molecule has 1 unspecified atom stereocenters. The maximum absolute atomic E-state index is 12.2. The van der Waals surface area contributed by atoms with E-state index in [9.17, 15) is 4.79 Å². The fourth-order valence-corrected chi connectivity index (χ4v) is 2.37. The van der Waals surface area contributed by atoms with Gasteiger partial charge in [0.15, 0.2) is 0 Å². The van der Waals surface area contributed by atoms with Gasteiger partial charge in [0.25, 0.3) is 5.91 Å². The van der Waals surface area contributed by atoms with Crippen LogP contribution < -0.4 is 5.32 Å². The SMILES string of the molecule is CCC(NC(=O)c1ccc(Br)nc1)c1ccc(Br)cc1. The Balaban J connectivity index is 2.11. The molecule has 0 fully saturated rings. The number of nitrogens with one attached hydrogen (secondary N) is 1. The number of nitrogens with zero attached hydrogens (tertiary/aromatic N) is 1. The molecule has 2 rings (SSSR count). The van der Waals surface area contributed by atoms with Gasteiger partial charge in [-0.2, -0.15) is 0 Å². The minimum absolute atomic E-state index is 0.000697. The van der Waals surface area contributed by atoms with Gasteiger partial charge < -0.3 is 5.32 Å². The fourth-order valence-electron chi connectivity index (χ4n) is 1.87. The number of pyridine rings is 1. The Morgan fingerprint density at radius 2 is 1.90 bits per heavy atom. The summed E-state index contributed by atoms with van der Waals surface area (Å²) in [6.45, 7) is 2.05. The highest BCUT2D eigenvalue weighted by Gasteiger charge is 2.14. The summed E-state index contributed by atoms with van der Waals surface area (Å²) in [6, 6.07) is 11.5. The van der Waals surface area contributed by atoms with Gasteiger partial charge in [0.2, 0.25) is 0 Å². The Bertz CT molecular complexity index is 582. The summed E-state index contributed by atoms with van der Waals surface area (Å²) in [6.07, 6.45) is 2.39. The van der Waals surface area contributed by atoms with E-state index in [1.54, 1.807) is 18.3 Å². The Morgan fingerprint density at radius 1 is 1.20 bits per heavy atom. The highest BCUT2D eigenvalue weighted by molar-refractivity contribution is 9.10. The van der Waals surface area contributed by atoms with Crippen LogP contribution in [0, 0.1) is 0 Å². The minimum atomic E-state index is -0.111. The second-order valence-electron chi connectivity index (χ2n) is 4.36. The molecule has 0 spiro atoms. The Kier molecular flexibility index (Phi) is 5.31. The summed E-state index contributed by atoms with van der Waals surface area (Å²) >= 11 is 6.67. The molecule has 2 aromatic rings. The predicted octanol–water partition coefficient (Wildman–Crippen LogP) is 4.49. The van der Waals surface area contributed by atoms with Gasteiger partial charge in [0, 0.05) is 10.7 Å². The van der Waals surface area contributed by atoms with Crippen molar-refractivity contribution >= 4 is 37.8 Å². The summed E-state index contributed by atoms with van der Waals surface area (Å²) in [5, 5.41) is 3.03. The van der Waals surface area contributed by atoms with Crippen LogP contribution in [-0.4, -0.2) is 10.9 Å². The molecular weight excluding hydrogens is 384 g/mol. The largest absolute Gasteiger partial charge is 0.345 e. The van der Waals surface area contributed by atoms with Gasteiger partial charge in [-0.15, -0.1) is 0 Å². The van der Waals surface area contributed by atoms with Crippen molar-refractivity contribution in [2.45, 2.75) is 19.4 Å². The fraction of sp³-hybridized carbons (Fsp3) is 0.200. The summed E-state index contributed by atoms with van der Waals surface area (Å²) in [5.41, 5.74) is 1.65. The van der Waals surface area contributed by atoms with Crippen molar-refractivity contribution in [2.75, 3.05) is 0 Å². The number of benzene rings is 1. The first kappa shape index (κ1) is 15.2. The lowest BCUT2D eigenvalue weighted by Gasteiger charge is -2.17. The summed E-state index contributed by atoms with van der Waals surface area (Å²) in [4.78, 5) is 16.3. The predicted molar refractivity (Wildman–Crippen MR) is 86.6 cm³/mol. The van der Waals surface area contributed by atoms with Gasteiger partial charge in [-0.3, -0.25) is 4.79 Å². The molecule has 20 heavy (non-hydrogen) atoms. The normalized spacial score (nSPS) is 11.9. The lowest BCUT2D eigenvalue weighted by Crippen LogP contribution is -2.28. The number of hydrogen-bond acceptors (Lipinski definition) is 2. The Hall–Kier alpha value is -1.20. The minimum Gasteiger partial charge on any atom is -0.345 e. The van der Waals surface area contributed by atoms with E-state index in [1.165, 1.54) is 0 Å². The van der Waals surface area contributed by atoms with Crippen LogP contribution in [0.3, 0.4) is 0 Å². The number of halogens is 2. The molecule has 0 bridgehead atoms. The maximum atomic E-state index is 12.2. The van der Waals surface area contributed by atoms with Crippen molar-refractivity contribution in [3.8, 4) is 0 Å². The van der Waals surface area contributed by atoms with E-state index in [4.69, 9.17) is 0 Å². The number of amides is 1. The Labute approximate surface area is 135 Å². The highest BCUT2D eigenvalue weighted by atomic mass is 79.9. The molecule has 104 valence electrons. The zero-order chi connectivity index (χ0) is 14.5. The van der Waals surface area contributed by atoms with E-state index in [0.717, 1.165) is 16.5 Å². The van der Waals surface area contributed by atoms with E-state index < -0.39 is 0 Å². The molecule has 0 saturated heterocycles. The molecule has 0 radical (unpaired) electrons. The van der Waals surface area contributed by atoms with Crippen molar-refractivity contribution < 1.29 is 4.79 Å². The van der Waals surface area contributed by atoms with E-state index in [-0.39, 0.29) is 11.9 Å². The lowest BCUT2D eigenvalue weighted by atomic mass is 10.0. The summed E-state index contributed by atoms with van der Waals surface area (Å²) in [5.74, 6) is -0.111. The second kappa shape index (κ2) is 6.99. The van der Waals surface area contributed by atoms with Gasteiger partial charge in [-0.25, -0.2) is 4.98 Å². The molecule has 1 amide bonds. The van der Waals surface area contributed by atoms with Gasteiger partial charge in [0.05, 0.1) is 11.6 Å². The van der Waals surface area contributed by atoms with Crippen LogP contribution in [0.2, 0.25) is 0 Å². The molecule has 0 aliphatic carbocycles. The van der Waals surface area contributed by atoms with Crippen molar-refractivity contribution in [2.24, 2.45) is 0 Å². The van der Waals surface area contributed by atoms with E-state index in [2.05, 4.69) is 42.2 Å². The van der Waals surface area contributed by atoms with Gasteiger partial charge >= 0.3 is 0 Å². The number of hydrogen-bond donors (Lipinski definition) is 1. The average molecular weight is 398 g/mol. The lowest BCUT2D eigenvalue weighted by molar-refractivity contribution is 0.0935. The molecule has 1 atom stereocenters. The van der Waals surface area contributed by atoms with Crippen LogP contribution in [0.25, 0.3) is 0 Å². The summed E-state index contributed by atoms with van der Waals surface area (Å²) < 4.78 is 1.74. The molecule has 0 aliphatic rings. The standard InChI is InChI=1S/C15H14Br2N2O/c1-2-13(10-3-6-12(16)7-4-10)19-15(20)11-5-8-14(17)18-9-11/h3-9,13H,2H2,1H3,(H,19,20). The molecule has 1 heterocycles. The smallest absolute Gasteiger partial charge is 0.253 e. The van der Waals surface area contributed by atoms with Crippen LogP contribution in [0.5, 0.6) is 0 Å². The second-order valence-corrected chi connectivity index (χ2v) is 6.08. The topological polar surface area (TPSA) is 42.0 Å². The van der Waals surface area contributed by atoms with Crippen molar-refractivity contribution in [3.63, 3.8) is 0 Å². The van der Waals surface area contributed by atoms with Gasteiger partial charge in [0.1, 0.15) is 4.60 Å². The number of rotatable bonds is 4. The molecular formula is C15H14Br2N2O.